The van der Waals surface area contributed by atoms with E-state index in [9.17, 15) is 4.79 Å². The third-order valence-electron chi connectivity index (χ3n) is 4.58. The zero-order chi connectivity index (χ0) is 14.7. The van der Waals surface area contributed by atoms with E-state index in [2.05, 4.69) is 46.7 Å². The summed E-state index contributed by atoms with van der Waals surface area (Å²) in [6.45, 7) is 5.32. The van der Waals surface area contributed by atoms with Crippen LogP contribution < -0.4 is 15.5 Å². The maximum Gasteiger partial charge on any atom is 0.237 e. The molecule has 0 radical (unpaired) electrons. The maximum absolute atomic E-state index is 12.2. The van der Waals surface area contributed by atoms with Crippen LogP contribution in [0.4, 0.5) is 5.69 Å². The monoisotopic (exact) mass is 323 g/mol. The molecular formula is C17H26ClN3O. The van der Waals surface area contributed by atoms with Crippen molar-refractivity contribution in [2.75, 3.05) is 24.5 Å². The van der Waals surface area contributed by atoms with Gasteiger partial charge in [-0.25, -0.2) is 0 Å². The second-order valence-corrected chi connectivity index (χ2v) is 6.17. The van der Waals surface area contributed by atoms with E-state index in [4.69, 9.17) is 0 Å². The number of amides is 1. The number of rotatable bonds is 4. The summed E-state index contributed by atoms with van der Waals surface area (Å²) in [6, 6.07) is 8.64. The Kier molecular flexibility index (Phi) is 6.09. The number of carbonyl (C=O) groups excluding carboxylic acids is 1. The van der Waals surface area contributed by atoms with E-state index in [1.54, 1.807) is 0 Å². The molecule has 0 bridgehead atoms. The predicted octanol–water partition coefficient (Wildman–Crippen LogP) is 2.64. The lowest BCUT2D eigenvalue weighted by atomic mass is 10.1. The van der Waals surface area contributed by atoms with Crippen LogP contribution in [-0.4, -0.2) is 31.6 Å². The zero-order valence-corrected chi connectivity index (χ0v) is 14.0. The molecule has 4 nitrogen and oxygen atoms in total. The zero-order valence-electron chi connectivity index (χ0n) is 13.2. The van der Waals surface area contributed by atoms with Crippen molar-refractivity contribution in [1.82, 2.24) is 10.6 Å². The van der Waals surface area contributed by atoms with Gasteiger partial charge in [-0.3, -0.25) is 4.79 Å². The minimum atomic E-state index is -0.00536. The first-order valence-corrected chi connectivity index (χ1v) is 8.13. The van der Waals surface area contributed by atoms with Gasteiger partial charge < -0.3 is 15.5 Å². The third-order valence-corrected chi connectivity index (χ3v) is 4.58. The predicted molar refractivity (Wildman–Crippen MR) is 92.7 cm³/mol. The standard InChI is InChI=1S/C17H25N3O.ClH/c1-13(19-17(21)16-8-5-9-18-16)14-6-4-7-15(12-14)20-10-2-3-11-20;/h4,6-7,12-13,16,18H,2-3,5,8-11H2,1H3,(H,19,21);1H. The largest absolute Gasteiger partial charge is 0.372 e. The number of carbonyl (C=O) groups is 1. The Labute approximate surface area is 139 Å². The number of nitrogens with one attached hydrogen (secondary N) is 2. The van der Waals surface area contributed by atoms with Crippen molar-refractivity contribution in [3.8, 4) is 0 Å². The Hall–Kier alpha value is -1.26. The normalized spacial score (nSPS) is 22.2. The lowest BCUT2D eigenvalue weighted by molar-refractivity contribution is -0.123. The Morgan fingerprint density at radius 2 is 2.09 bits per heavy atom. The summed E-state index contributed by atoms with van der Waals surface area (Å²) in [4.78, 5) is 14.6. The average molecular weight is 324 g/mol. The van der Waals surface area contributed by atoms with E-state index in [0.29, 0.717) is 0 Å². The van der Waals surface area contributed by atoms with Crippen LogP contribution >= 0.6 is 12.4 Å². The first kappa shape index (κ1) is 17.1. The molecule has 2 aliphatic rings. The second-order valence-electron chi connectivity index (χ2n) is 6.17. The SMILES string of the molecule is CC(NC(=O)C1CCCN1)c1cccc(N2CCCC2)c1.Cl. The van der Waals surface area contributed by atoms with Gasteiger partial charge in [-0.15, -0.1) is 12.4 Å². The fraction of sp³-hybridized carbons (Fsp3) is 0.588. The molecule has 0 aliphatic carbocycles. The van der Waals surface area contributed by atoms with E-state index in [1.807, 2.05) is 0 Å². The van der Waals surface area contributed by atoms with Gasteiger partial charge in [0.25, 0.3) is 0 Å². The van der Waals surface area contributed by atoms with Crippen molar-refractivity contribution in [3.05, 3.63) is 29.8 Å². The van der Waals surface area contributed by atoms with Gasteiger partial charge in [0.1, 0.15) is 0 Å². The van der Waals surface area contributed by atoms with Crippen molar-refractivity contribution >= 4 is 24.0 Å². The molecular weight excluding hydrogens is 298 g/mol. The lowest BCUT2D eigenvalue weighted by Gasteiger charge is -2.21. The highest BCUT2D eigenvalue weighted by Gasteiger charge is 2.23. The Morgan fingerprint density at radius 3 is 2.77 bits per heavy atom. The topological polar surface area (TPSA) is 44.4 Å². The van der Waals surface area contributed by atoms with Crippen molar-refractivity contribution < 1.29 is 4.79 Å². The van der Waals surface area contributed by atoms with Gasteiger partial charge in [-0.05, 0) is 56.8 Å². The van der Waals surface area contributed by atoms with Crippen LogP contribution in [0.15, 0.2) is 24.3 Å². The molecule has 1 amide bonds. The summed E-state index contributed by atoms with van der Waals surface area (Å²) in [5.41, 5.74) is 2.47. The molecule has 1 aromatic rings. The number of halogens is 1. The molecule has 2 atom stereocenters. The van der Waals surface area contributed by atoms with E-state index in [1.165, 1.54) is 24.1 Å². The van der Waals surface area contributed by atoms with Crippen molar-refractivity contribution in [2.24, 2.45) is 0 Å². The fourth-order valence-corrected chi connectivity index (χ4v) is 3.27. The summed E-state index contributed by atoms with van der Waals surface area (Å²) in [5.74, 6) is 0.131. The average Bonchev–Trinajstić information content (AvgIpc) is 3.20. The highest BCUT2D eigenvalue weighted by atomic mass is 35.5. The fourth-order valence-electron chi connectivity index (χ4n) is 3.27. The summed E-state index contributed by atoms with van der Waals surface area (Å²) in [6.07, 6.45) is 4.61. The van der Waals surface area contributed by atoms with Gasteiger partial charge in [0.05, 0.1) is 12.1 Å². The number of anilines is 1. The third kappa shape index (κ3) is 3.93. The summed E-state index contributed by atoms with van der Waals surface area (Å²) >= 11 is 0. The Morgan fingerprint density at radius 1 is 1.32 bits per heavy atom. The van der Waals surface area contributed by atoms with Gasteiger partial charge in [-0.2, -0.15) is 0 Å². The molecule has 2 heterocycles. The van der Waals surface area contributed by atoms with Gasteiger partial charge in [-0.1, -0.05) is 12.1 Å². The van der Waals surface area contributed by atoms with Gasteiger partial charge in [0.2, 0.25) is 5.91 Å². The van der Waals surface area contributed by atoms with Gasteiger partial charge in [0.15, 0.2) is 0 Å². The quantitative estimate of drug-likeness (QED) is 0.895. The van der Waals surface area contributed by atoms with Gasteiger partial charge >= 0.3 is 0 Å². The number of hydrogen-bond donors (Lipinski definition) is 2. The minimum Gasteiger partial charge on any atom is -0.372 e. The molecule has 3 rings (SSSR count). The van der Waals surface area contributed by atoms with Crippen LogP contribution in [0.1, 0.15) is 44.2 Å². The van der Waals surface area contributed by atoms with E-state index in [-0.39, 0.29) is 30.4 Å². The molecule has 0 saturated carbocycles. The van der Waals surface area contributed by atoms with Crippen LogP contribution in [-0.2, 0) is 4.79 Å². The molecule has 2 saturated heterocycles. The maximum atomic E-state index is 12.2. The first-order chi connectivity index (χ1) is 10.2. The molecule has 5 heteroatoms. The molecule has 2 fully saturated rings. The van der Waals surface area contributed by atoms with Crippen LogP contribution in [0.3, 0.4) is 0 Å². The summed E-state index contributed by atoms with van der Waals surface area (Å²) in [5, 5.41) is 6.39. The molecule has 0 aromatic heterocycles. The number of nitrogens with zero attached hydrogens (tertiary/aromatic N) is 1. The highest BCUT2D eigenvalue weighted by molar-refractivity contribution is 5.85. The smallest absolute Gasteiger partial charge is 0.237 e. The van der Waals surface area contributed by atoms with E-state index < -0.39 is 0 Å². The van der Waals surface area contributed by atoms with Crippen molar-refractivity contribution in [3.63, 3.8) is 0 Å². The van der Waals surface area contributed by atoms with E-state index >= 15 is 0 Å². The molecule has 2 unspecified atom stereocenters. The second kappa shape index (κ2) is 7.84. The molecule has 2 aliphatic heterocycles. The molecule has 22 heavy (non-hydrogen) atoms. The number of benzene rings is 1. The lowest BCUT2D eigenvalue weighted by Crippen LogP contribution is -2.41. The molecule has 0 spiro atoms. The van der Waals surface area contributed by atoms with Gasteiger partial charge in [0, 0.05) is 18.8 Å². The molecule has 122 valence electrons. The van der Waals surface area contributed by atoms with Crippen molar-refractivity contribution in [1.29, 1.82) is 0 Å². The van der Waals surface area contributed by atoms with Crippen LogP contribution in [0.2, 0.25) is 0 Å². The van der Waals surface area contributed by atoms with Crippen molar-refractivity contribution in [2.45, 2.75) is 44.7 Å². The highest BCUT2D eigenvalue weighted by Crippen LogP contribution is 2.24. The van der Waals surface area contributed by atoms with Crippen LogP contribution in [0.5, 0.6) is 0 Å². The molecule has 2 N–H and O–H groups in total. The first-order valence-electron chi connectivity index (χ1n) is 8.13. The van der Waals surface area contributed by atoms with Crippen LogP contribution in [0, 0.1) is 0 Å². The molecule has 1 aromatic carbocycles. The summed E-state index contributed by atoms with van der Waals surface area (Å²) < 4.78 is 0. The number of hydrogen-bond acceptors (Lipinski definition) is 3. The van der Waals surface area contributed by atoms with Crippen LogP contribution in [0.25, 0.3) is 0 Å². The Balaban J connectivity index is 0.00000176. The minimum absolute atomic E-state index is 0. The van der Waals surface area contributed by atoms with E-state index in [0.717, 1.165) is 32.5 Å². The Bertz CT molecular complexity index is 496. The summed E-state index contributed by atoms with van der Waals surface area (Å²) in [7, 11) is 0.